The van der Waals surface area contributed by atoms with Crippen molar-refractivity contribution in [2.45, 2.75) is 31.7 Å². The molecule has 0 saturated heterocycles. The van der Waals surface area contributed by atoms with E-state index in [1.54, 1.807) is 4.90 Å². The SMILES string of the molecule is NCCC(=O)N(CCO)C1CCC1. The van der Waals surface area contributed by atoms with Crippen LogP contribution >= 0.6 is 0 Å². The monoisotopic (exact) mass is 186 g/mol. The molecule has 0 bridgehead atoms. The average molecular weight is 186 g/mol. The van der Waals surface area contributed by atoms with E-state index < -0.39 is 0 Å². The number of rotatable bonds is 5. The number of nitrogens with zero attached hydrogens (tertiary/aromatic N) is 1. The lowest BCUT2D eigenvalue weighted by molar-refractivity contribution is -0.135. The van der Waals surface area contributed by atoms with Crippen LogP contribution < -0.4 is 5.73 Å². The van der Waals surface area contributed by atoms with Crippen LogP contribution in [0.1, 0.15) is 25.7 Å². The molecule has 76 valence electrons. The highest BCUT2D eigenvalue weighted by Crippen LogP contribution is 2.24. The molecule has 1 aliphatic rings. The Morgan fingerprint density at radius 3 is 2.62 bits per heavy atom. The number of amides is 1. The summed E-state index contributed by atoms with van der Waals surface area (Å²) in [6, 6.07) is 0.367. The molecular weight excluding hydrogens is 168 g/mol. The van der Waals surface area contributed by atoms with Gasteiger partial charge in [-0.1, -0.05) is 0 Å². The van der Waals surface area contributed by atoms with Gasteiger partial charge in [-0.3, -0.25) is 4.79 Å². The van der Waals surface area contributed by atoms with Crippen LogP contribution in [0, 0.1) is 0 Å². The van der Waals surface area contributed by atoms with E-state index in [0.717, 1.165) is 12.8 Å². The first-order valence-corrected chi connectivity index (χ1v) is 4.90. The van der Waals surface area contributed by atoms with E-state index in [1.165, 1.54) is 6.42 Å². The Bertz CT molecular complexity index is 169. The maximum atomic E-state index is 11.5. The summed E-state index contributed by atoms with van der Waals surface area (Å²) in [4.78, 5) is 13.3. The minimum atomic E-state index is 0.0484. The van der Waals surface area contributed by atoms with Gasteiger partial charge < -0.3 is 15.7 Å². The summed E-state index contributed by atoms with van der Waals surface area (Å²) in [5, 5.41) is 8.80. The molecule has 0 aromatic heterocycles. The zero-order chi connectivity index (χ0) is 9.68. The van der Waals surface area contributed by atoms with Crippen molar-refractivity contribution in [3.63, 3.8) is 0 Å². The second-order valence-electron chi connectivity index (χ2n) is 3.43. The third-order valence-electron chi connectivity index (χ3n) is 2.53. The van der Waals surface area contributed by atoms with E-state index in [4.69, 9.17) is 10.8 Å². The largest absolute Gasteiger partial charge is 0.395 e. The first-order valence-electron chi connectivity index (χ1n) is 4.90. The lowest BCUT2D eigenvalue weighted by Gasteiger charge is -2.37. The summed E-state index contributed by atoms with van der Waals surface area (Å²) < 4.78 is 0. The molecule has 0 radical (unpaired) electrons. The number of aliphatic hydroxyl groups excluding tert-OH is 1. The Kier molecular flexibility index (Phi) is 4.18. The van der Waals surface area contributed by atoms with Crippen LogP contribution in [0.25, 0.3) is 0 Å². The van der Waals surface area contributed by atoms with Gasteiger partial charge in [0, 0.05) is 25.6 Å². The molecule has 0 spiro atoms. The Morgan fingerprint density at radius 2 is 2.23 bits per heavy atom. The molecular formula is C9H18N2O2. The van der Waals surface area contributed by atoms with Gasteiger partial charge in [0.05, 0.1) is 6.61 Å². The van der Waals surface area contributed by atoms with Crippen LogP contribution in [-0.4, -0.2) is 41.7 Å². The molecule has 4 heteroatoms. The molecule has 1 amide bonds. The van der Waals surface area contributed by atoms with Crippen molar-refractivity contribution in [3.8, 4) is 0 Å². The van der Waals surface area contributed by atoms with E-state index in [2.05, 4.69) is 0 Å². The topological polar surface area (TPSA) is 66.6 Å². The van der Waals surface area contributed by atoms with Gasteiger partial charge in [-0.05, 0) is 19.3 Å². The molecule has 0 unspecified atom stereocenters. The molecule has 1 saturated carbocycles. The van der Waals surface area contributed by atoms with Gasteiger partial charge in [-0.2, -0.15) is 0 Å². The molecule has 1 rings (SSSR count). The summed E-state index contributed by atoms with van der Waals surface area (Å²) in [6.07, 6.45) is 3.76. The molecule has 4 nitrogen and oxygen atoms in total. The summed E-state index contributed by atoms with van der Waals surface area (Å²) in [5.41, 5.74) is 5.31. The second kappa shape index (κ2) is 5.19. The van der Waals surface area contributed by atoms with Crippen LogP contribution in [-0.2, 0) is 4.79 Å². The van der Waals surface area contributed by atoms with Crippen molar-refractivity contribution in [1.29, 1.82) is 0 Å². The third-order valence-corrected chi connectivity index (χ3v) is 2.53. The summed E-state index contributed by atoms with van der Waals surface area (Å²) in [6.45, 7) is 0.907. The minimum Gasteiger partial charge on any atom is -0.395 e. The quantitative estimate of drug-likeness (QED) is 0.620. The first kappa shape index (κ1) is 10.5. The van der Waals surface area contributed by atoms with Gasteiger partial charge >= 0.3 is 0 Å². The number of hydrogen-bond donors (Lipinski definition) is 2. The molecule has 1 fully saturated rings. The number of carbonyl (C=O) groups excluding carboxylic acids is 1. The standard InChI is InChI=1S/C9H18N2O2/c10-5-4-9(13)11(6-7-12)8-2-1-3-8/h8,12H,1-7,10H2. The molecule has 0 aromatic carbocycles. The van der Waals surface area contributed by atoms with Gasteiger partial charge in [0.25, 0.3) is 0 Å². The highest BCUT2D eigenvalue weighted by molar-refractivity contribution is 5.76. The van der Waals surface area contributed by atoms with Crippen molar-refractivity contribution in [1.82, 2.24) is 4.90 Å². The zero-order valence-electron chi connectivity index (χ0n) is 7.91. The Labute approximate surface area is 78.7 Å². The fourth-order valence-electron chi connectivity index (χ4n) is 1.58. The second-order valence-corrected chi connectivity index (χ2v) is 3.43. The van der Waals surface area contributed by atoms with E-state index >= 15 is 0 Å². The summed E-state index contributed by atoms with van der Waals surface area (Å²) in [7, 11) is 0. The van der Waals surface area contributed by atoms with Crippen molar-refractivity contribution in [2.24, 2.45) is 5.73 Å². The van der Waals surface area contributed by atoms with Crippen LogP contribution in [0.5, 0.6) is 0 Å². The van der Waals surface area contributed by atoms with Crippen molar-refractivity contribution >= 4 is 5.91 Å². The predicted molar refractivity (Wildman–Crippen MR) is 50.1 cm³/mol. The number of hydrogen-bond acceptors (Lipinski definition) is 3. The molecule has 0 aromatic rings. The zero-order valence-corrected chi connectivity index (χ0v) is 7.91. The molecule has 0 atom stereocenters. The van der Waals surface area contributed by atoms with Crippen LogP contribution in [0.3, 0.4) is 0 Å². The number of carbonyl (C=O) groups is 1. The van der Waals surface area contributed by atoms with Crippen LogP contribution in [0.4, 0.5) is 0 Å². The molecule has 1 aliphatic carbocycles. The highest BCUT2D eigenvalue weighted by Gasteiger charge is 2.27. The van der Waals surface area contributed by atoms with Gasteiger partial charge in [-0.15, -0.1) is 0 Å². The van der Waals surface area contributed by atoms with E-state index in [1.807, 2.05) is 0 Å². The third kappa shape index (κ3) is 2.67. The number of nitrogens with two attached hydrogens (primary N) is 1. The van der Waals surface area contributed by atoms with E-state index in [9.17, 15) is 4.79 Å². The van der Waals surface area contributed by atoms with Gasteiger partial charge in [0.15, 0.2) is 0 Å². The maximum absolute atomic E-state index is 11.5. The average Bonchev–Trinajstić information content (AvgIpc) is 2.01. The highest BCUT2D eigenvalue weighted by atomic mass is 16.3. The lowest BCUT2D eigenvalue weighted by atomic mass is 9.91. The van der Waals surface area contributed by atoms with Crippen molar-refractivity contribution in [3.05, 3.63) is 0 Å². The molecule has 13 heavy (non-hydrogen) atoms. The van der Waals surface area contributed by atoms with E-state index in [0.29, 0.717) is 25.6 Å². The van der Waals surface area contributed by atoms with Crippen LogP contribution in [0.2, 0.25) is 0 Å². The van der Waals surface area contributed by atoms with Gasteiger partial charge in [-0.25, -0.2) is 0 Å². The summed E-state index contributed by atoms with van der Waals surface area (Å²) >= 11 is 0. The Balaban J connectivity index is 2.40. The van der Waals surface area contributed by atoms with Gasteiger partial charge in [0.1, 0.15) is 0 Å². The Morgan fingerprint density at radius 1 is 1.54 bits per heavy atom. The summed E-state index contributed by atoms with van der Waals surface area (Å²) in [5.74, 6) is 0.0845. The molecule has 3 N–H and O–H groups in total. The van der Waals surface area contributed by atoms with Gasteiger partial charge in [0.2, 0.25) is 5.91 Å². The van der Waals surface area contributed by atoms with E-state index in [-0.39, 0.29) is 12.5 Å². The first-order chi connectivity index (χ1) is 6.29. The Hall–Kier alpha value is -0.610. The minimum absolute atomic E-state index is 0.0484. The fourth-order valence-corrected chi connectivity index (χ4v) is 1.58. The lowest BCUT2D eigenvalue weighted by Crippen LogP contribution is -2.46. The van der Waals surface area contributed by atoms with Crippen molar-refractivity contribution in [2.75, 3.05) is 19.7 Å². The maximum Gasteiger partial charge on any atom is 0.224 e. The number of aliphatic hydroxyl groups is 1. The molecule has 0 heterocycles. The van der Waals surface area contributed by atoms with Crippen LogP contribution in [0.15, 0.2) is 0 Å². The smallest absolute Gasteiger partial charge is 0.224 e. The predicted octanol–water partition coefficient (Wildman–Crippen LogP) is -0.291. The normalized spacial score (nSPS) is 16.8. The van der Waals surface area contributed by atoms with Crippen molar-refractivity contribution < 1.29 is 9.90 Å². The molecule has 0 aliphatic heterocycles. The fraction of sp³-hybridized carbons (Fsp3) is 0.889.